The van der Waals surface area contributed by atoms with Gasteiger partial charge in [0, 0.05) is 66.5 Å². The lowest BCUT2D eigenvalue weighted by Gasteiger charge is -2.46. The summed E-state index contributed by atoms with van der Waals surface area (Å²) < 4.78 is 35.0. The minimum Gasteiger partial charge on any atom is -0.493 e. The van der Waals surface area contributed by atoms with E-state index in [2.05, 4.69) is 14.1 Å². The molecule has 15 heteroatoms. The van der Waals surface area contributed by atoms with E-state index in [-0.39, 0.29) is 58.3 Å². The van der Waals surface area contributed by atoms with Crippen LogP contribution < -0.4 is 18.9 Å². The molecule has 0 spiro atoms. The summed E-state index contributed by atoms with van der Waals surface area (Å²) in [6, 6.07) is 17.4. The number of benzene rings is 4. The number of carbonyl (C=O) groups excluding carboxylic acids is 2. The van der Waals surface area contributed by atoms with Crippen LogP contribution in [0, 0.1) is 0 Å². The summed E-state index contributed by atoms with van der Waals surface area (Å²) in [5, 5.41) is 50.3. The van der Waals surface area contributed by atoms with Gasteiger partial charge in [0.25, 0.3) is 0 Å². The van der Waals surface area contributed by atoms with E-state index < -0.39 is 11.9 Å². The molecule has 5 N–H and O–H groups in total. The van der Waals surface area contributed by atoms with Gasteiger partial charge in [-0.3, -0.25) is 0 Å². The number of fused-ring (bicyclic) bond motifs is 2. The predicted octanol–water partition coefficient (Wildman–Crippen LogP) is 4.68. The molecule has 6 rings (SSSR count). The Morgan fingerprint density at radius 1 is 0.582 bits per heavy atom. The quantitative estimate of drug-likeness (QED) is 0.0317. The summed E-state index contributed by atoms with van der Waals surface area (Å²) in [6.45, 7) is 2.15. The second-order valence-corrected chi connectivity index (χ2v) is 17.9. The van der Waals surface area contributed by atoms with Gasteiger partial charge in [0.05, 0.1) is 115 Å². The molecule has 0 aliphatic carbocycles. The molecular formula is C52H68N2O13+2. The molecule has 0 saturated heterocycles. The van der Waals surface area contributed by atoms with E-state index in [0.717, 1.165) is 71.5 Å². The van der Waals surface area contributed by atoms with Gasteiger partial charge in [0.1, 0.15) is 12.1 Å². The fourth-order valence-electron chi connectivity index (χ4n) is 10.2. The Morgan fingerprint density at radius 2 is 1.12 bits per heavy atom. The molecule has 0 amide bonds. The Hall–Kier alpha value is -5.52. The maximum atomic E-state index is 12.8. The molecule has 0 bridgehead atoms. The molecule has 2 heterocycles. The standard InChI is InChI=1S/C52H68N2O13/c1-53(17-13-35-23-40(31-57)41(32-58)25-43(35)45(53)22-34-9-10-37(29-55)39(21-34)30-56)15-7-19-66-49(60)11-12-50(61)67-20-8-16-54(2)18-14-36-26-46(62-3)47(63-4)28-44(36)51(54)38-24-42(33-59)52(65-6)48(27-38)64-5/h9-12,21,23-28,45,51,55-59H,7-8,13-20,22,29-33H2,1-6H3/q+2/b12-11-. The van der Waals surface area contributed by atoms with Crippen molar-refractivity contribution in [1.82, 2.24) is 0 Å². The van der Waals surface area contributed by atoms with Gasteiger partial charge in [-0.25, -0.2) is 9.59 Å². The first-order chi connectivity index (χ1) is 32.3. The first-order valence-electron chi connectivity index (χ1n) is 22.8. The first-order valence-corrected chi connectivity index (χ1v) is 22.8. The van der Waals surface area contributed by atoms with Crippen LogP contribution in [0.2, 0.25) is 0 Å². The van der Waals surface area contributed by atoms with Crippen molar-refractivity contribution in [3.8, 4) is 23.0 Å². The van der Waals surface area contributed by atoms with Crippen molar-refractivity contribution in [2.75, 3.05) is 81.9 Å². The van der Waals surface area contributed by atoms with E-state index in [1.165, 1.54) is 0 Å². The number of aliphatic hydroxyl groups is 5. The monoisotopic (exact) mass is 928 g/mol. The molecule has 15 nitrogen and oxygen atoms in total. The Morgan fingerprint density at radius 3 is 1.70 bits per heavy atom. The molecule has 0 radical (unpaired) electrons. The summed E-state index contributed by atoms with van der Waals surface area (Å²) in [7, 11) is 10.7. The third kappa shape index (κ3) is 11.4. The zero-order valence-electron chi connectivity index (χ0n) is 39.7. The highest BCUT2D eigenvalue weighted by atomic mass is 16.5. The van der Waals surface area contributed by atoms with Crippen LogP contribution in [0.5, 0.6) is 23.0 Å². The third-order valence-corrected chi connectivity index (χ3v) is 13.8. The lowest BCUT2D eigenvalue weighted by Crippen LogP contribution is -2.52. The van der Waals surface area contributed by atoms with Crippen molar-refractivity contribution >= 4 is 11.9 Å². The number of quaternary nitrogens is 2. The minimum absolute atomic E-state index is 0.0439. The zero-order chi connectivity index (χ0) is 48.3. The number of carbonyl (C=O) groups is 2. The minimum atomic E-state index is -0.652. The van der Waals surface area contributed by atoms with Crippen molar-refractivity contribution in [2.24, 2.45) is 0 Å². The maximum absolute atomic E-state index is 12.8. The van der Waals surface area contributed by atoms with Crippen molar-refractivity contribution in [1.29, 1.82) is 0 Å². The lowest BCUT2D eigenvalue weighted by atomic mass is 9.83. The van der Waals surface area contributed by atoms with Crippen molar-refractivity contribution < 1.29 is 72.5 Å². The fourth-order valence-corrected chi connectivity index (χ4v) is 10.2. The molecule has 4 atom stereocenters. The molecule has 67 heavy (non-hydrogen) atoms. The van der Waals surface area contributed by atoms with E-state index in [4.69, 9.17) is 28.4 Å². The number of hydrogen-bond donors (Lipinski definition) is 5. The van der Waals surface area contributed by atoms with E-state index in [0.29, 0.717) is 92.1 Å². The Bertz CT molecular complexity index is 2380. The van der Waals surface area contributed by atoms with E-state index in [1.54, 1.807) is 28.4 Å². The Kier molecular flexibility index (Phi) is 17.5. The molecule has 4 aromatic rings. The highest BCUT2D eigenvalue weighted by molar-refractivity contribution is 5.91. The summed E-state index contributed by atoms with van der Waals surface area (Å²) in [5.74, 6) is 0.923. The second-order valence-electron chi connectivity index (χ2n) is 17.9. The normalized spacial score (nSPS) is 19.9. The van der Waals surface area contributed by atoms with Gasteiger partial charge in [0.2, 0.25) is 0 Å². The number of hydrogen-bond acceptors (Lipinski definition) is 13. The number of nitrogens with zero attached hydrogens (tertiary/aromatic N) is 2. The number of likely N-dealkylation sites (N-methyl/N-ethyl adjacent to an activating group) is 2. The van der Waals surface area contributed by atoms with Gasteiger partial charge < -0.3 is 62.9 Å². The van der Waals surface area contributed by atoms with Gasteiger partial charge in [-0.15, -0.1) is 0 Å². The van der Waals surface area contributed by atoms with Crippen LogP contribution in [0.3, 0.4) is 0 Å². The van der Waals surface area contributed by atoms with Crippen LogP contribution in [-0.2, 0) is 71.4 Å². The van der Waals surface area contributed by atoms with Gasteiger partial charge in [-0.2, -0.15) is 0 Å². The lowest BCUT2D eigenvalue weighted by molar-refractivity contribution is -0.941. The topological polar surface area (TPSA) is 191 Å². The fraction of sp³-hybridized carbons (Fsp3) is 0.462. The summed E-state index contributed by atoms with van der Waals surface area (Å²) in [5.41, 5.74) is 9.61. The Labute approximate surface area is 393 Å². The van der Waals surface area contributed by atoms with Gasteiger partial charge in [-0.1, -0.05) is 24.3 Å². The molecule has 362 valence electrons. The SMILES string of the molecule is COc1cc2c(cc1OC)C(c1cc(CO)c(OC)c(OC)c1)[N+](C)(CCCOC(=O)/C=C\C(=O)OCCC[N+]1(C)CCc3cc(CO)c(CO)cc3C1Cc1ccc(CO)c(CO)c1)CC2. The van der Waals surface area contributed by atoms with Crippen LogP contribution in [0.4, 0.5) is 0 Å². The first kappa shape index (κ1) is 50.9. The van der Waals surface area contributed by atoms with Gasteiger partial charge in [0.15, 0.2) is 23.0 Å². The molecular weight excluding hydrogens is 861 g/mol. The van der Waals surface area contributed by atoms with Gasteiger partial charge >= 0.3 is 11.9 Å². The van der Waals surface area contributed by atoms with E-state index in [1.807, 2.05) is 54.6 Å². The maximum Gasteiger partial charge on any atom is 0.331 e. The average molecular weight is 929 g/mol. The molecule has 0 aromatic heterocycles. The number of esters is 2. The molecule has 2 aliphatic rings. The molecule has 4 aromatic carbocycles. The van der Waals surface area contributed by atoms with Crippen LogP contribution >= 0.6 is 0 Å². The van der Waals surface area contributed by atoms with Crippen molar-refractivity contribution in [2.45, 2.75) is 77.2 Å². The summed E-state index contributed by atoms with van der Waals surface area (Å²) in [4.78, 5) is 25.6. The van der Waals surface area contributed by atoms with Crippen LogP contribution in [0.25, 0.3) is 0 Å². The largest absolute Gasteiger partial charge is 0.493 e. The average Bonchev–Trinajstić information content (AvgIpc) is 3.35. The number of aliphatic hydroxyl groups excluding tert-OH is 5. The highest BCUT2D eigenvalue weighted by Crippen LogP contribution is 2.47. The summed E-state index contributed by atoms with van der Waals surface area (Å²) in [6.07, 6.45) is 5.41. The van der Waals surface area contributed by atoms with Gasteiger partial charge in [-0.05, 0) is 69.3 Å². The van der Waals surface area contributed by atoms with Crippen molar-refractivity contribution in [3.05, 3.63) is 128 Å². The number of ether oxygens (including phenoxy) is 6. The smallest absolute Gasteiger partial charge is 0.331 e. The summed E-state index contributed by atoms with van der Waals surface area (Å²) >= 11 is 0. The van der Waals surface area contributed by atoms with Crippen LogP contribution in [0.15, 0.2) is 66.7 Å². The Balaban J connectivity index is 1.07. The second kappa shape index (κ2) is 23.0. The third-order valence-electron chi connectivity index (χ3n) is 13.8. The molecule has 0 fully saturated rings. The number of rotatable bonds is 22. The number of methoxy groups -OCH3 is 4. The predicted molar refractivity (Wildman–Crippen MR) is 249 cm³/mol. The van der Waals surface area contributed by atoms with E-state index in [9.17, 15) is 35.1 Å². The van der Waals surface area contributed by atoms with E-state index >= 15 is 0 Å². The molecule has 0 saturated carbocycles. The highest BCUT2D eigenvalue weighted by Gasteiger charge is 2.42. The molecule has 2 aliphatic heterocycles. The molecule has 4 unspecified atom stereocenters. The zero-order valence-corrected chi connectivity index (χ0v) is 39.7. The van der Waals surface area contributed by atoms with Crippen LogP contribution in [0.1, 0.15) is 86.1 Å². The van der Waals surface area contributed by atoms with Crippen LogP contribution in [-0.4, -0.2) is 128 Å². The van der Waals surface area contributed by atoms with Crippen molar-refractivity contribution in [3.63, 3.8) is 0 Å².